The van der Waals surface area contributed by atoms with Crippen molar-refractivity contribution >= 4 is 0 Å². The summed E-state index contributed by atoms with van der Waals surface area (Å²) in [5.74, 6) is -1.11. The monoisotopic (exact) mass is 265 g/mol. The quantitative estimate of drug-likeness (QED) is 0.900. The van der Waals surface area contributed by atoms with Gasteiger partial charge in [0.15, 0.2) is 0 Å². The highest BCUT2D eigenvalue weighted by Gasteiger charge is 2.08. The summed E-state index contributed by atoms with van der Waals surface area (Å²) >= 11 is 0. The normalized spacial score (nSPS) is 11.2. The molecule has 0 bridgehead atoms. The Labute approximate surface area is 111 Å². The average molecular weight is 265 g/mol. The number of hydrogen-bond donors (Lipinski definition) is 1. The summed E-state index contributed by atoms with van der Waals surface area (Å²) in [4.78, 5) is 0. The third kappa shape index (κ3) is 3.61. The fourth-order valence-corrected chi connectivity index (χ4v) is 1.77. The van der Waals surface area contributed by atoms with Gasteiger partial charge in [0.2, 0.25) is 0 Å². The Morgan fingerprint density at radius 1 is 1.26 bits per heavy atom. The van der Waals surface area contributed by atoms with Crippen LogP contribution in [-0.4, -0.2) is 15.8 Å². The lowest BCUT2D eigenvalue weighted by molar-refractivity contribution is 0.530. The van der Waals surface area contributed by atoms with Gasteiger partial charge < -0.3 is 5.32 Å². The summed E-state index contributed by atoms with van der Waals surface area (Å²) < 4.78 is 28.1. The topological polar surface area (TPSA) is 29.9 Å². The summed E-state index contributed by atoms with van der Waals surface area (Å²) in [5, 5.41) is 7.45. The molecular weight excluding hydrogens is 248 g/mol. The number of benzene rings is 1. The molecule has 2 rings (SSSR count). The number of aromatic nitrogens is 2. The van der Waals surface area contributed by atoms with E-state index in [1.165, 1.54) is 12.1 Å². The molecule has 0 saturated heterocycles. The first kappa shape index (κ1) is 13.7. The van der Waals surface area contributed by atoms with Crippen LogP contribution >= 0.6 is 0 Å². The van der Waals surface area contributed by atoms with Crippen molar-refractivity contribution in [3.8, 4) is 0 Å². The Hall–Kier alpha value is -1.75. The zero-order chi connectivity index (χ0) is 13.8. The highest BCUT2D eigenvalue weighted by atomic mass is 19.1. The van der Waals surface area contributed by atoms with Gasteiger partial charge in [-0.05, 0) is 12.1 Å². The molecule has 0 aliphatic heterocycles. The third-order valence-electron chi connectivity index (χ3n) is 2.83. The SMILES string of the molecule is CC(C)NCc1ccnn1Cc1ccc(F)cc1F. The molecule has 0 aliphatic rings. The second-order valence-electron chi connectivity index (χ2n) is 4.75. The number of rotatable bonds is 5. The van der Waals surface area contributed by atoms with Gasteiger partial charge in [0.05, 0.1) is 12.2 Å². The van der Waals surface area contributed by atoms with Crippen molar-refractivity contribution in [2.75, 3.05) is 0 Å². The Morgan fingerprint density at radius 3 is 2.74 bits per heavy atom. The molecule has 0 unspecified atom stereocenters. The maximum Gasteiger partial charge on any atom is 0.131 e. The van der Waals surface area contributed by atoms with E-state index in [2.05, 4.69) is 24.3 Å². The van der Waals surface area contributed by atoms with Crippen LogP contribution in [0.25, 0.3) is 0 Å². The van der Waals surface area contributed by atoms with Crippen LogP contribution in [0.1, 0.15) is 25.1 Å². The predicted molar refractivity (Wildman–Crippen MR) is 69.7 cm³/mol. The van der Waals surface area contributed by atoms with Crippen LogP contribution in [0.15, 0.2) is 30.5 Å². The summed E-state index contributed by atoms with van der Waals surface area (Å²) in [6, 6.07) is 5.85. The molecule has 1 heterocycles. The van der Waals surface area contributed by atoms with E-state index in [1.54, 1.807) is 10.9 Å². The van der Waals surface area contributed by atoms with Gasteiger partial charge in [-0.25, -0.2) is 8.78 Å². The molecule has 102 valence electrons. The van der Waals surface area contributed by atoms with Gasteiger partial charge >= 0.3 is 0 Å². The Bertz CT molecular complexity index is 549. The van der Waals surface area contributed by atoms with Gasteiger partial charge in [-0.2, -0.15) is 5.10 Å². The molecule has 0 radical (unpaired) electrons. The van der Waals surface area contributed by atoms with Gasteiger partial charge in [0.25, 0.3) is 0 Å². The Morgan fingerprint density at radius 2 is 2.05 bits per heavy atom. The second-order valence-corrected chi connectivity index (χ2v) is 4.75. The molecule has 0 amide bonds. The summed E-state index contributed by atoms with van der Waals surface area (Å²) in [7, 11) is 0. The minimum atomic E-state index is -0.566. The first-order chi connectivity index (χ1) is 9.06. The molecule has 1 aromatic carbocycles. The van der Waals surface area contributed by atoms with Crippen molar-refractivity contribution in [3.05, 3.63) is 53.4 Å². The number of nitrogens with one attached hydrogen (secondary N) is 1. The van der Waals surface area contributed by atoms with Crippen LogP contribution in [0.4, 0.5) is 8.78 Å². The molecule has 19 heavy (non-hydrogen) atoms. The molecule has 1 aromatic heterocycles. The van der Waals surface area contributed by atoms with Crippen molar-refractivity contribution in [1.29, 1.82) is 0 Å². The lowest BCUT2D eigenvalue weighted by atomic mass is 10.2. The van der Waals surface area contributed by atoms with Crippen molar-refractivity contribution in [3.63, 3.8) is 0 Å². The van der Waals surface area contributed by atoms with E-state index in [4.69, 9.17) is 0 Å². The number of nitrogens with zero attached hydrogens (tertiary/aromatic N) is 2. The maximum atomic E-state index is 13.6. The van der Waals surface area contributed by atoms with Crippen molar-refractivity contribution < 1.29 is 8.78 Å². The van der Waals surface area contributed by atoms with Crippen molar-refractivity contribution in [2.45, 2.75) is 33.0 Å². The first-order valence-electron chi connectivity index (χ1n) is 6.24. The van der Waals surface area contributed by atoms with Gasteiger partial charge in [0, 0.05) is 30.4 Å². The first-order valence-corrected chi connectivity index (χ1v) is 6.24. The van der Waals surface area contributed by atoms with Crippen molar-refractivity contribution in [1.82, 2.24) is 15.1 Å². The zero-order valence-corrected chi connectivity index (χ0v) is 11.0. The standard InChI is InChI=1S/C14H17F2N3/c1-10(2)17-8-13-5-6-18-19(13)9-11-3-4-12(15)7-14(11)16/h3-7,10,17H,8-9H2,1-2H3. The Balaban J connectivity index is 2.12. The number of halogens is 2. The molecule has 0 spiro atoms. The predicted octanol–water partition coefficient (Wildman–Crippen LogP) is 2.71. The minimum absolute atomic E-state index is 0.300. The molecule has 1 N–H and O–H groups in total. The summed E-state index contributed by atoms with van der Waals surface area (Å²) in [6.07, 6.45) is 1.68. The molecule has 0 fully saturated rings. The molecule has 0 atom stereocenters. The molecule has 2 aromatic rings. The molecule has 0 aliphatic carbocycles. The maximum absolute atomic E-state index is 13.6. The highest BCUT2D eigenvalue weighted by molar-refractivity contribution is 5.19. The lowest BCUT2D eigenvalue weighted by Crippen LogP contribution is -2.24. The molecular formula is C14H17F2N3. The van der Waals surface area contributed by atoms with E-state index in [-0.39, 0.29) is 0 Å². The van der Waals surface area contributed by atoms with Gasteiger partial charge in [0.1, 0.15) is 11.6 Å². The van der Waals surface area contributed by atoms with Crippen LogP contribution in [0.3, 0.4) is 0 Å². The van der Waals surface area contributed by atoms with Gasteiger partial charge in [-0.3, -0.25) is 4.68 Å². The van der Waals surface area contributed by atoms with Crippen LogP contribution in [0.5, 0.6) is 0 Å². The van der Waals surface area contributed by atoms with E-state index in [1.807, 2.05) is 6.07 Å². The van der Waals surface area contributed by atoms with E-state index < -0.39 is 11.6 Å². The largest absolute Gasteiger partial charge is 0.309 e. The minimum Gasteiger partial charge on any atom is -0.309 e. The van der Waals surface area contributed by atoms with E-state index >= 15 is 0 Å². The van der Waals surface area contributed by atoms with Crippen LogP contribution < -0.4 is 5.32 Å². The highest BCUT2D eigenvalue weighted by Crippen LogP contribution is 2.12. The van der Waals surface area contributed by atoms with E-state index in [0.717, 1.165) is 11.8 Å². The molecule has 5 heteroatoms. The zero-order valence-electron chi connectivity index (χ0n) is 11.0. The van der Waals surface area contributed by atoms with Crippen LogP contribution in [0, 0.1) is 11.6 Å². The van der Waals surface area contributed by atoms with Crippen LogP contribution in [-0.2, 0) is 13.1 Å². The van der Waals surface area contributed by atoms with Gasteiger partial charge in [-0.1, -0.05) is 19.9 Å². The third-order valence-corrected chi connectivity index (χ3v) is 2.83. The fraction of sp³-hybridized carbons (Fsp3) is 0.357. The molecule has 3 nitrogen and oxygen atoms in total. The van der Waals surface area contributed by atoms with Crippen LogP contribution in [0.2, 0.25) is 0 Å². The second kappa shape index (κ2) is 5.93. The van der Waals surface area contributed by atoms with E-state index in [0.29, 0.717) is 24.7 Å². The fourth-order valence-electron chi connectivity index (χ4n) is 1.77. The average Bonchev–Trinajstić information content (AvgIpc) is 2.77. The Kier molecular flexibility index (Phi) is 4.27. The molecule has 0 saturated carbocycles. The van der Waals surface area contributed by atoms with Gasteiger partial charge in [-0.15, -0.1) is 0 Å². The summed E-state index contributed by atoms with van der Waals surface area (Å²) in [5.41, 5.74) is 1.40. The smallest absolute Gasteiger partial charge is 0.131 e. The van der Waals surface area contributed by atoms with E-state index in [9.17, 15) is 8.78 Å². The number of hydrogen-bond acceptors (Lipinski definition) is 2. The summed E-state index contributed by atoms with van der Waals surface area (Å²) in [6.45, 7) is 5.08. The lowest BCUT2D eigenvalue weighted by Gasteiger charge is -2.11. The van der Waals surface area contributed by atoms with Crippen molar-refractivity contribution in [2.24, 2.45) is 0 Å².